The lowest BCUT2D eigenvalue weighted by Gasteiger charge is -2.23. The van der Waals surface area contributed by atoms with Crippen molar-refractivity contribution in [2.45, 2.75) is 25.8 Å². The van der Waals surface area contributed by atoms with E-state index >= 15 is 0 Å². The van der Waals surface area contributed by atoms with Crippen LogP contribution in [-0.2, 0) is 4.74 Å². The Morgan fingerprint density at radius 3 is 2.84 bits per heavy atom. The second-order valence-corrected chi connectivity index (χ2v) is 4.91. The third kappa shape index (κ3) is 2.10. The van der Waals surface area contributed by atoms with E-state index in [4.69, 9.17) is 9.84 Å². The number of carboxylic acid groups (broad SMARTS) is 1. The number of ether oxygens (including phenoxy) is 1. The van der Waals surface area contributed by atoms with Crippen LogP contribution in [0.2, 0.25) is 0 Å². The zero-order chi connectivity index (χ0) is 13.4. The van der Waals surface area contributed by atoms with E-state index in [0.29, 0.717) is 6.04 Å². The summed E-state index contributed by atoms with van der Waals surface area (Å²) in [6, 6.07) is 5.47. The fraction of sp³-hybridized carbons (Fsp3) is 0.429. The van der Waals surface area contributed by atoms with E-state index in [2.05, 4.69) is 5.10 Å². The molecule has 0 amide bonds. The first-order valence-corrected chi connectivity index (χ1v) is 6.47. The van der Waals surface area contributed by atoms with E-state index in [1.807, 2.05) is 17.7 Å². The normalized spacial score (nSPS) is 16.9. The molecule has 3 rings (SSSR count). The van der Waals surface area contributed by atoms with Crippen LogP contribution in [0.3, 0.4) is 0 Å². The molecule has 100 valence electrons. The monoisotopic (exact) mass is 260 g/mol. The first kappa shape index (κ1) is 12.2. The molecule has 1 saturated heterocycles. The molecule has 2 aromatic rings. The number of benzene rings is 1. The van der Waals surface area contributed by atoms with Crippen molar-refractivity contribution in [1.29, 1.82) is 0 Å². The Morgan fingerprint density at radius 1 is 1.42 bits per heavy atom. The number of aryl methyl sites for hydroxylation is 1. The average molecular weight is 260 g/mol. The van der Waals surface area contributed by atoms with Gasteiger partial charge in [0.15, 0.2) is 0 Å². The van der Waals surface area contributed by atoms with Crippen LogP contribution in [0.15, 0.2) is 18.2 Å². The van der Waals surface area contributed by atoms with Crippen molar-refractivity contribution in [3.63, 3.8) is 0 Å². The van der Waals surface area contributed by atoms with Gasteiger partial charge in [-0.05, 0) is 31.9 Å². The number of hydrogen-bond acceptors (Lipinski definition) is 3. The van der Waals surface area contributed by atoms with Gasteiger partial charge >= 0.3 is 5.97 Å². The Kier molecular flexibility index (Phi) is 2.98. The largest absolute Gasteiger partial charge is 0.478 e. The van der Waals surface area contributed by atoms with Gasteiger partial charge in [-0.2, -0.15) is 5.10 Å². The lowest BCUT2D eigenvalue weighted by Crippen LogP contribution is -2.21. The summed E-state index contributed by atoms with van der Waals surface area (Å²) in [5.74, 6) is -0.917. The number of carbonyl (C=O) groups is 1. The summed E-state index contributed by atoms with van der Waals surface area (Å²) in [6.07, 6.45) is 1.92. The van der Waals surface area contributed by atoms with Crippen LogP contribution in [0.5, 0.6) is 0 Å². The summed E-state index contributed by atoms with van der Waals surface area (Å²) in [5.41, 5.74) is 2.13. The van der Waals surface area contributed by atoms with Gasteiger partial charge < -0.3 is 9.84 Å². The molecule has 1 fully saturated rings. The minimum absolute atomic E-state index is 0.282. The summed E-state index contributed by atoms with van der Waals surface area (Å²) >= 11 is 0. The van der Waals surface area contributed by atoms with E-state index in [9.17, 15) is 4.79 Å². The molecule has 19 heavy (non-hydrogen) atoms. The number of carboxylic acids is 1. The molecule has 1 aromatic carbocycles. The Balaban J connectivity index is 2.06. The minimum atomic E-state index is -0.917. The highest BCUT2D eigenvalue weighted by Crippen LogP contribution is 2.27. The fourth-order valence-electron chi connectivity index (χ4n) is 2.65. The molecule has 0 unspecified atom stereocenters. The summed E-state index contributed by atoms with van der Waals surface area (Å²) in [5, 5.41) is 14.6. The maximum Gasteiger partial charge on any atom is 0.335 e. The van der Waals surface area contributed by atoms with Crippen molar-refractivity contribution in [2.24, 2.45) is 0 Å². The molecule has 0 spiro atoms. The summed E-state index contributed by atoms with van der Waals surface area (Å²) < 4.78 is 7.39. The smallest absolute Gasteiger partial charge is 0.335 e. The number of nitrogens with zero attached hydrogens (tertiary/aromatic N) is 2. The van der Waals surface area contributed by atoms with Crippen LogP contribution >= 0.6 is 0 Å². The average Bonchev–Trinajstić information content (AvgIpc) is 2.76. The number of fused-ring (bicyclic) bond motifs is 1. The van der Waals surface area contributed by atoms with Gasteiger partial charge in [0.05, 0.1) is 17.1 Å². The van der Waals surface area contributed by atoms with Crippen molar-refractivity contribution < 1.29 is 14.6 Å². The molecule has 5 heteroatoms. The van der Waals surface area contributed by atoms with Crippen molar-refractivity contribution in [3.8, 4) is 0 Å². The van der Waals surface area contributed by atoms with Crippen molar-refractivity contribution in [3.05, 3.63) is 29.5 Å². The topological polar surface area (TPSA) is 64.3 Å². The second-order valence-electron chi connectivity index (χ2n) is 4.91. The molecular formula is C14H16N2O3. The van der Waals surface area contributed by atoms with Gasteiger partial charge in [-0.3, -0.25) is 4.68 Å². The Bertz CT molecular complexity index is 627. The fourth-order valence-corrected chi connectivity index (χ4v) is 2.65. The van der Waals surface area contributed by atoms with Crippen molar-refractivity contribution >= 4 is 16.9 Å². The first-order chi connectivity index (χ1) is 9.16. The van der Waals surface area contributed by atoms with Gasteiger partial charge in [0, 0.05) is 24.3 Å². The highest BCUT2D eigenvalue weighted by molar-refractivity contribution is 5.93. The zero-order valence-corrected chi connectivity index (χ0v) is 10.8. The number of aromatic carboxylic acids is 1. The molecule has 5 nitrogen and oxygen atoms in total. The van der Waals surface area contributed by atoms with Gasteiger partial charge in [0.2, 0.25) is 0 Å². The van der Waals surface area contributed by atoms with Gasteiger partial charge in [0.1, 0.15) is 0 Å². The van der Waals surface area contributed by atoms with E-state index in [0.717, 1.165) is 42.7 Å². The van der Waals surface area contributed by atoms with Crippen LogP contribution in [0, 0.1) is 6.92 Å². The number of hydrogen-bond donors (Lipinski definition) is 1. The van der Waals surface area contributed by atoms with Crippen LogP contribution < -0.4 is 0 Å². The molecule has 1 aromatic heterocycles. The van der Waals surface area contributed by atoms with Crippen LogP contribution in [-0.4, -0.2) is 34.1 Å². The molecule has 0 saturated carbocycles. The Labute approximate surface area is 110 Å². The highest BCUT2D eigenvalue weighted by Gasteiger charge is 2.20. The van der Waals surface area contributed by atoms with Crippen molar-refractivity contribution in [1.82, 2.24) is 9.78 Å². The molecule has 2 heterocycles. The van der Waals surface area contributed by atoms with E-state index < -0.39 is 5.97 Å². The SMILES string of the molecule is Cc1c2ccc(C(=O)O)cc2nn1C1CCOCC1. The summed E-state index contributed by atoms with van der Waals surface area (Å²) in [6.45, 7) is 3.56. The number of rotatable bonds is 2. The molecule has 1 aliphatic heterocycles. The maximum atomic E-state index is 11.0. The maximum absolute atomic E-state index is 11.0. The van der Waals surface area contributed by atoms with Gasteiger partial charge in [-0.1, -0.05) is 6.07 Å². The standard InChI is InChI=1S/C14H16N2O3/c1-9-12-3-2-10(14(17)18)8-13(12)15-16(9)11-4-6-19-7-5-11/h2-3,8,11H,4-7H2,1H3,(H,17,18). The summed E-state index contributed by atoms with van der Waals surface area (Å²) in [7, 11) is 0. The lowest BCUT2D eigenvalue weighted by molar-refractivity contribution is 0.0659. The van der Waals surface area contributed by atoms with E-state index in [-0.39, 0.29) is 5.56 Å². The molecule has 0 aliphatic carbocycles. The highest BCUT2D eigenvalue weighted by atomic mass is 16.5. The van der Waals surface area contributed by atoms with E-state index in [1.165, 1.54) is 0 Å². The predicted molar refractivity (Wildman–Crippen MR) is 70.5 cm³/mol. The predicted octanol–water partition coefficient (Wildman–Crippen LogP) is 2.39. The van der Waals surface area contributed by atoms with Crippen LogP contribution in [0.25, 0.3) is 10.9 Å². The third-order valence-electron chi connectivity index (χ3n) is 3.73. The quantitative estimate of drug-likeness (QED) is 0.900. The third-order valence-corrected chi connectivity index (χ3v) is 3.73. The first-order valence-electron chi connectivity index (χ1n) is 6.47. The van der Waals surface area contributed by atoms with Gasteiger partial charge in [-0.15, -0.1) is 0 Å². The summed E-state index contributed by atoms with van der Waals surface area (Å²) in [4.78, 5) is 11.0. The second kappa shape index (κ2) is 4.66. The molecule has 0 atom stereocenters. The Morgan fingerprint density at radius 2 is 2.16 bits per heavy atom. The zero-order valence-electron chi connectivity index (χ0n) is 10.8. The van der Waals surface area contributed by atoms with Crippen LogP contribution in [0.1, 0.15) is 34.9 Å². The molecule has 1 N–H and O–H groups in total. The lowest BCUT2D eigenvalue weighted by atomic mass is 10.1. The van der Waals surface area contributed by atoms with E-state index in [1.54, 1.807) is 12.1 Å². The molecule has 1 aliphatic rings. The minimum Gasteiger partial charge on any atom is -0.478 e. The molecule has 0 bridgehead atoms. The van der Waals surface area contributed by atoms with Gasteiger partial charge in [0.25, 0.3) is 0 Å². The van der Waals surface area contributed by atoms with Gasteiger partial charge in [-0.25, -0.2) is 4.79 Å². The Hall–Kier alpha value is -1.88. The molecule has 0 radical (unpaired) electrons. The van der Waals surface area contributed by atoms with Crippen LogP contribution in [0.4, 0.5) is 0 Å². The van der Waals surface area contributed by atoms with Crippen molar-refractivity contribution in [2.75, 3.05) is 13.2 Å². The molecular weight excluding hydrogens is 244 g/mol. The number of aromatic nitrogens is 2.